The molecular weight excluding hydrogens is 222 g/mol. The van der Waals surface area contributed by atoms with Crippen molar-refractivity contribution in [1.82, 2.24) is 10.3 Å². The Bertz CT molecular complexity index is 381. The predicted molar refractivity (Wildman–Crippen MR) is 61.4 cm³/mol. The zero-order valence-corrected chi connectivity index (χ0v) is 9.30. The first-order chi connectivity index (χ1) is 8.11. The topological polar surface area (TPSA) is 105 Å². The summed E-state index contributed by atoms with van der Waals surface area (Å²) in [6.07, 6.45) is 3.92. The summed E-state index contributed by atoms with van der Waals surface area (Å²) in [5, 5.41) is 11.2. The average Bonchev–Trinajstić information content (AvgIpc) is 2.35. The number of aromatic nitrogens is 1. The molecule has 1 amide bonds. The van der Waals surface area contributed by atoms with E-state index in [0.29, 0.717) is 24.9 Å². The van der Waals surface area contributed by atoms with Crippen LogP contribution in [0.2, 0.25) is 0 Å². The molecule has 0 aliphatic heterocycles. The lowest BCUT2D eigenvalue weighted by molar-refractivity contribution is -0.138. The van der Waals surface area contributed by atoms with Crippen molar-refractivity contribution in [2.24, 2.45) is 5.73 Å². The predicted octanol–water partition coefficient (Wildman–Crippen LogP) is 0.00350. The van der Waals surface area contributed by atoms with E-state index in [0.717, 1.165) is 0 Å². The molecule has 0 saturated heterocycles. The molecule has 1 rings (SSSR count). The maximum absolute atomic E-state index is 11.5. The average molecular weight is 237 g/mol. The summed E-state index contributed by atoms with van der Waals surface area (Å²) >= 11 is 0. The minimum atomic E-state index is -1.02. The van der Waals surface area contributed by atoms with Crippen molar-refractivity contribution in [3.63, 3.8) is 0 Å². The largest absolute Gasteiger partial charge is 0.480 e. The molecule has 1 aromatic heterocycles. The van der Waals surface area contributed by atoms with E-state index in [1.807, 2.05) is 0 Å². The standard InChI is InChI=1S/C11H15N3O3/c12-9(11(16)17)4-2-6-14-10(15)8-3-1-5-13-7-8/h1,3,5,7,9H,2,4,6,12H2,(H,14,15)(H,16,17). The molecule has 6 heteroatoms. The van der Waals surface area contributed by atoms with Gasteiger partial charge < -0.3 is 16.2 Å². The van der Waals surface area contributed by atoms with Gasteiger partial charge in [0.1, 0.15) is 6.04 Å². The Morgan fingerprint density at radius 2 is 2.29 bits per heavy atom. The van der Waals surface area contributed by atoms with Crippen LogP contribution in [0.15, 0.2) is 24.5 Å². The lowest BCUT2D eigenvalue weighted by Crippen LogP contribution is -2.32. The summed E-state index contributed by atoms with van der Waals surface area (Å²) in [5.74, 6) is -1.24. The van der Waals surface area contributed by atoms with Gasteiger partial charge in [0.25, 0.3) is 5.91 Å². The van der Waals surface area contributed by atoms with Gasteiger partial charge in [-0.15, -0.1) is 0 Å². The lowest BCUT2D eigenvalue weighted by Gasteiger charge is -2.07. The quantitative estimate of drug-likeness (QED) is 0.604. The number of nitrogens with one attached hydrogen (secondary N) is 1. The Morgan fingerprint density at radius 3 is 2.88 bits per heavy atom. The van der Waals surface area contributed by atoms with Crippen LogP contribution in [-0.4, -0.2) is 34.6 Å². The first-order valence-electron chi connectivity index (χ1n) is 5.28. The third-order valence-electron chi connectivity index (χ3n) is 2.22. The van der Waals surface area contributed by atoms with Crippen LogP contribution in [0.4, 0.5) is 0 Å². The Hall–Kier alpha value is -1.95. The van der Waals surface area contributed by atoms with Gasteiger partial charge in [0.15, 0.2) is 0 Å². The van der Waals surface area contributed by atoms with E-state index >= 15 is 0 Å². The summed E-state index contributed by atoms with van der Waals surface area (Å²) in [5.41, 5.74) is 5.80. The number of pyridine rings is 1. The Labute approximate surface area is 98.8 Å². The highest BCUT2D eigenvalue weighted by Gasteiger charge is 2.10. The molecule has 0 bridgehead atoms. The monoisotopic (exact) mass is 237 g/mol. The highest BCUT2D eigenvalue weighted by Crippen LogP contribution is 1.97. The zero-order valence-electron chi connectivity index (χ0n) is 9.30. The molecule has 0 aromatic carbocycles. The Morgan fingerprint density at radius 1 is 1.53 bits per heavy atom. The van der Waals surface area contributed by atoms with Gasteiger partial charge in [0.2, 0.25) is 0 Å². The van der Waals surface area contributed by atoms with Gasteiger partial charge in [-0.1, -0.05) is 0 Å². The van der Waals surface area contributed by atoms with Crippen LogP contribution in [0, 0.1) is 0 Å². The maximum Gasteiger partial charge on any atom is 0.320 e. The second kappa shape index (κ2) is 6.59. The third-order valence-corrected chi connectivity index (χ3v) is 2.22. The van der Waals surface area contributed by atoms with Crippen LogP contribution >= 0.6 is 0 Å². The van der Waals surface area contributed by atoms with Crippen molar-refractivity contribution in [2.45, 2.75) is 18.9 Å². The number of amides is 1. The number of aliphatic carboxylic acids is 1. The van der Waals surface area contributed by atoms with E-state index in [4.69, 9.17) is 10.8 Å². The summed E-state index contributed by atoms with van der Waals surface area (Å²) < 4.78 is 0. The second-order valence-electron chi connectivity index (χ2n) is 3.58. The number of nitrogens with two attached hydrogens (primary N) is 1. The first-order valence-corrected chi connectivity index (χ1v) is 5.28. The molecule has 0 aliphatic rings. The van der Waals surface area contributed by atoms with E-state index in [9.17, 15) is 9.59 Å². The molecule has 0 aliphatic carbocycles. The number of carboxylic acids is 1. The van der Waals surface area contributed by atoms with Gasteiger partial charge in [-0.2, -0.15) is 0 Å². The van der Waals surface area contributed by atoms with Crippen molar-refractivity contribution in [2.75, 3.05) is 6.54 Å². The summed E-state index contributed by atoms with van der Waals surface area (Å²) in [6.45, 7) is 0.398. The maximum atomic E-state index is 11.5. The minimum Gasteiger partial charge on any atom is -0.480 e. The summed E-state index contributed by atoms with van der Waals surface area (Å²) in [7, 11) is 0. The molecule has 1 aromatic rings. The van der Waals surface area contributed by atoms with E-state index < -0.39 is 12.0 Å². The summed E-state index contributed by atoms with van der Waals surface area (Å²) in [6, 6.07) is 2.46. The number of hydrogen-bond acceptors (Lipinski definition) is 4. The highest BCUT2D eigenvalue weighted by atomic mass is 16.4. The molecule has 4 N–H and O–H groups in total. The molecular formula is C11H15N3O3. The van der Waals surface area contributed by atoms with E-state index in [1.165, 1.54) is 6.20 Å². The van der Waals surface area contributed by atoms with Crippen LogP contribution in [-0.2, 0) is 4.79 Å². The van der Waals surface area contributed by atoms with Crippen LogP contribution < -0.4 is 11.1 Å². The summed E-state index contributed by atoms with van der Waals surface area (Å²) in [4.78, 5) is 25.8. The number of rotatable bonds is 6. The molecule has 1 heterocycles. The van der Waals surface area contributed by atoms with E-state index in [2.05, 4.69) is 10.3 Å². The number of carbonyl (C=O) groups excluding carboxylic acids is 1. The molecule has 1 atom stereocenters. The molecule has 0 fully saturated rings. The van der Waals surface area contributed by atoms with Crippen molar-refractivity contribution in [1.29, 1.82) is 0 Å². The number of carboxylic acid groups (broad SMARTS) is 1. The second-order valence-corrected chi connectivity index (χ2v) is 3.58. The normalized spacial score (nSPS) is 11.8. The van der Waals surface area contributed by atoms with E-state index in [-0.39, 0.29) is 5.91 Å². The fraction of sp³-hybridized carbons (Fsp3) is 0.364. The van der Waals surface area contributed by atoms with Gasteiger partial charge >= 0.3 is 5.97 Å². The number of nitrogens with zero attached hydrogens (tertiary/aromatic N) is 1. The van der Waals surface area contributed by atoms with Crippen molar-refractivity contribution >= 4 is 11.9 Å². The number of carbonyl (C=O) groups is 2. The van der Waals surface area contributed by atoms with Gasteiger partial charge in [-0.3, -0.25) is 14.6 Å². The molecule has 0 saturated carbocycles. The van der Waals surface area contributed by atoms with Crippen LogP contribution in [0.1, 0.15) is 23.2 Å². The first kappa shape index (κ1) is 13.1. The van der Waals surface area contributed by atoms with Crippen molar-refractivity contribution < 1.29 is 14.7 Å². The minimum absolute atomic E-state index is 0.220. The molecule has 1 unspecified atom stereocenters. The SMILES string of the molecule is NC(CCCNC(=O)c1cccnc1)C(=O)O. The fourth-order valence-corrected chi connectivity index (χ4v) is 1.25. The zero-order chi connectivity index (χ0) is 12.7. The highest BCUT2D eigenvalue weighted by molar-refractivity contribution is 5.93. The number of hydrogen-bond donors (Lipinski definition) is 3. The molecule has 6 nitrogen and oxygen atoms in total. The smallest absolute Gasteiger partial charge is 0.320 e. The van der Waals surface area contributed by atoms with Crippen molar-refractivity contribution in [3.8, 4) is 0 Å². The van der Waals surface area contributed by atoms with Crippen LogP contribution in [0.3, 0.4) is 0 Å². The molecule has 0 radical (unpaired) electrons. The third kappa shape index (κ3) is 4.60. The van der Waals surface area contributed by atoms with Crippen LogP contribution in [0.5, 0.6) is 0 Å². The fourth-order valence-electron chi connectivity index (χ4n) is 1.25. The molecule has 17 heavy (non-hydrogen) atoms. The van der Waals surface area contributed by atoms with Gasteiger partial charge in [-0.25, -0.2) is 0 Å². The molecule has 92 valence electrons. The van der Waals surface area contributed by atoms with Crippen LogP contribution in [0.25, 0.3) is 0 Å². The van der Waals surface area contributed by atoms with E-state index in [1.54, 1.807) is 18.3 Å². The van der Waals surface area contributed by atoms with Crippen molar-refractivity contribution in [3.05, 3.63) is 30.1 Å². The molecule has 0 spiro atoms. The Balaban J connectivity index is 2.24. The Kier molecular flexibility index (Phi) is 5.09. The van der Waals surface area contributed by atoms with Gasteiger partial charge in [0.05, 0.1) is 5.56 Å². The van der Waals surface area contributed by atoms with Gasteiger partial charge in [0, 0.05) is 18.9 Å². The lowest BCUT2D eigenvalue weighted by atomic mass is 10.1. The van der Waals surface area contributed by atoms with Gasteiger partial charge in [-0.05, 0) is 25.0 Å².